The van der Waals surface area contributed by atoms with E-state index in [1.807, 2.05) is 0 Å². The maximum atomic E-state index is 3.52. The van der Waals surface area contributed by atoms with Crippen molar-refractivity contribution in [2.45, 2.75) is 33.6 Å². The number of nitrogens with zero attached hydrogens (tertiary/aromatic N) is 1. The summed E-state index contributed by atoms with van der Waals surface area (Å²) in [6.45, 7) is 12.3. The van der Waals surface area contributed by atoms with Crippen molar-refractivity contribution in [3.05, 3.63) is 35.4 Å². The lowest BCUT2D eigenvalue weighted by molar-refractivity contribution is 0.302. The number of aryl methyl sites for hydroxylation is 2. The number of hydrogen-bond donors (Lipinski definition) is 1. The van der Waals surface area contributed by atoms with Crippen molar-refractivity contribution in [1.82, 2.24) is 10.2 Å². The fourth-order valence-corrected chi connectivity index (χ4v) is 2.07. The Labute approximate surface area is 112 Å². The molecule has 0 bridgehead atoms. The lowest BCUT2D eigenvalue weighted by Crippen LogP contribution is -2.32. The first-order valence-corrected chi connectivity index (χ1v) is 7.24. The van der Waals surface area contributed by atoms with Crippen LogP contribution in [0.5, 0.6) is 0 Å². The van der Waals surface area contributed by atoms with Crippen molar-refractivity contribution in [2.75, 3.05) is 32.7 Å². The van der Waals surface area contributed by atoms with Crippen molar-refractivity contribution < 1.29 is 0 Å². The van der Waals surface area contributed by atoms with Gasteiger partial charge >= 0.3 is 0 Å². The van der Waals surface area contributed by atoms with Crippen LogP contribution in [0.25, 0.3) is 0 Å². The third-order valence-electron chi connectivity index (χ3n) is 3.44. The van der Waals surface area contributed by atoms with E-state index in [-0.39, 0.29) is 0 Å². The average Bonchev–Trinajstić information content (AvgIpc) is 2.40. The van der Waals surface area contributed by atoms with Gasteiger partial charge in [-0.15, -0.1) is 0 Å². The molecule has 0 saturated carbocycles. The molecule has 0 heterocycles. The highest BCUT2D eigenvalue weighted by Crippen LogP contribution is 2.05. The normalized spacial score (nSPS) is 11.1. The lowest BCUT2D eigenvalue weighted by Gasteiger charge is -2.17. The molecule has 0 radical (unpaired) electrons. The van der Waals surface area contributed by atoms with Crippen LogP contribution in [0.2, 0.25) is 0 Å². The summed E-state index contributed by atoms with van der Waals surface area (Å²) in [6, 6.07) is 8.88. The molecule has 0 spiro atoms. The SMILES string of the molecule is CCN(CC)CCNCCCc1ccc(C)cc1. The van der Waals surface area contributed by atoms with E-state index in [1.54, 1.807) is 0 Å². The first-order chi connectivity index (χ1) is 8.76. The standard InChI is InChI=1S/C16H28N2/c1-4-18(5-2)14-13-17-12-6-7-16-10-8-15(3)9-11-16/h8-11,17H,4-7,12-14H2,1-3H3. The second-order valence-corrected chi connectivity index (χ2v) is 4.87. The molecule has 0 atom stereocenters. The molecule has 0 amide bonds. The van der Waals surface area contributed by atoms with Gasteiger partial charge in [-0.2, -0.15) is 0 Å². The molecule has 0 aromatic heterocycles. The van der Waals surface area contributed by atoms with Gasteiger partial charge in [-0.25, -0.2) is 0 Å². The summed E-state index contributed by atoms with van der Waals surface area (Å²) in [6.07, 6.45) is 2.40. The highest BCUT2D eigenvalue weighted by molar-refractivity contribution is 5.21. The van der Waals surface area contributed by atoms with E-state index in [2.05, 4.69) is 55.3 Å². The van der Waals surface area contributed by atoms with Crippen LogP contribution in [0.1, 0.15) is 31.4 Å². The fourth-order valence-electron chi connectivity index (χ4n) is 2.07. The van der Waals surface area contributed by atoms with Crippen LogP contribution in [0, 0.1) is 6.92 Å². The van der Waals surface area contributed by atoms with Crippen molar-refractivity contribution in [1.29, 1.82) is 0 Å². The fraction of sp³-hybridized carbons (Fsp3) is 0.625. The van der Waals surface area contributed by atoms with E-state index >= 15 is 0 Å². The van der Waals surface area contributed by atoms with Gasteiger partial charge in [0.1, 0.15) is 0 Å². The maximum absolute atomic E-state index is 3.52. The Morgan fingerprint density at radius 2 is 1.67 bits per heavy atom. The molecule has 1 rings (SSSR count). The van der Waals surface area contributed by atoms with Gasteiger partial charge in [0.25, 0.3) is 0 Å². The van der Waals surface area contributed by atoms with E-state index in [0.717, 1.165) is 32.7 Å². The van der Waals surface area contributed by atoms with E-state index in [1.165, 1.54) is 24.0 Å². The Morgan fingerprint density at radius 3 is 2.28 bits per heavy atom. The number of benzene rings is 1. The zero-order valence-electron chi connectivity index (χ0n) is 12.2. The summed E-state index contributed by atoms with van der Waals surface area (Å²) in [5.41, 5.74) is 2.79. The van der Waals surface area contributed by atoms with Crippen LogP contribution in [-0.4, -0.2) is 37.6 Å². The smallest absolute Gasteiger partial charge is 0.0107 e. The summed E-state index contributed by atoms with van der Waals surface area (Å²) in [7, 11) is 0. The minimum absolute atomic E-state index is 1.11. The summed E-state index contributed by atoms with van der Waals surface area (Å²) in [5, 5.41) is 3.52. The third kappa shape index (κ3) is 6.18. The molecule has 0 aliphatic carbocycles. The molecular formula is C16H28N2. The molecule has 0 aliphatic heterocycles. The number of rotatable bonds is 9. The van der Waals surface area contributed by atoms with Crippen LogP contribution < -0.4 is 5.32 Å². The summed E-state index contributed by atoms with van der Waals surface area (Å²) in [5.74, 6) is 0. The quantitative estimate of drug-likeness (QED) is 0.676. The summed E-state index contributed by atoms with van der Waals surface area (Å²) in [4.78, 5) is 2.45. The molecular weight excluding hydrogens is 220 g/mol. The largest absolute Gasteiger partial charge is 0.315 e. The molecule has 102 valence electrons. The zero-order valence-corrected chi connectivity index (χ0v) is 12.2. The molecule has 2 nitrogen and oxygen atoms in total. The molecule has 0 unspecified atom stereocenters. The molecule has 1 aromatic carbocycles. The van der Waals surface area contributed by atoms with Crippen molar-refractivity contribution in [3.8, 4) is 0 Å². The first kappa shape index (κ1) is 15.2. The number of likely N-dealkylation sites (N-methyl/N-ethyl adjacent to an activating group) is 1. The van der Waals surface area contributed by atoms with Crippen LogP contribution in [0.4, 0.5) is 0 Å². The van der Waals surface area contributed by atoms with Gasteiger partial charge in [0.15, 0.2) is 0 Å². The highest BCUT2D eigenvalue weighted by atomic mass is 15.1. The van der Waals surface area contributed by atoms with Crippen molar-refractivity contribution >= 4 is 0 Å². The first-order valence-electron chi connectivity index (χ1n) is 7.24. The minimum Gasteiger partial charge on any atom is -0.315 e. The van der Waals surface area contributed by atoms with E-state index < -0.39 is 0 Å². The lowest BCUT2D eigenvalue weighted by atomic mass is 10.1. The average molecular weight is 248 g/mol. The molecule has 1 aromatic rings. The van der Waals surface area contributed by atoms with Gasteiger partial charge in [-0.3, -0.25) is 0 Å². The Bertz CT molecular complexity index is 301. The second kappa shape index (κ2) is 9.12. The molecule has 18 heavy (non-hydrogen) atoms. The van der Waals surface area contributed by atoms with Crippen LogP contribution in [0.15, 0.2) is 24.3 Å². The van der Waals surface area contributed by atoms with E-state index in [0.29, 0.717) is 0 Å². The summed E-state index contributed by atoms with van der Waals surface area (Å²) < 4.78 is 0. The zero-order chi connectivity index (χ0) is 13.2. The topological polar surface area (TPSA) is 15.3 Å². The van der Waals surface area contributed by atoms with Gasteiger partial charge in [-0.05, 0) is 45.0 Å². The van der Waals surface area contributed by atoms with Gasteiger partial charge < -0.3 is 10.2 Å². The predicted molar refractivity (Wildman–Crippen MR) is 80.2 cm³/mol. The Morgan fingerprint density at radius 1 is 1.00 bits per heavy atom. The van der Waals surface area contributed by atoms with Crippen molar-refractivity contribution in [3.63, 3.8) is 0 Å². The van der Waals surface area contributed by atoms with Gasteiger partial charge in [0.2, 0.25) is 0 Å². The minimum atomic E-state index is 1.11. The Kier molecular flexibility index (Phi) is 7.70. The van der Waals surface area contributed by atoms with Crippen LogP contribution in [-0.2, 0) is 6.42 Å². The second-order valence-electron chi connectivity index (χ2n) is 4.87. The predicted octanol–water partition coefficient (Wildman–Crippen LogP) is 2.86. The third-order valence-corrected chi connectivity index (χ3v) is 3.44. The number of hydrogen-bond acceptors (Lipinski definition) is 2. The van der Waals surface area contributed by atoms with Gasteiger partial charge in [0, 0.05) is 13.1 Å². The Hall–Kier alpha value is -0.860. The Balaban J connectivity index is 2.03. The highest BCUT2D eigenvalue weighted by Gasteiger charge is 1.97. The molecule has 0 aliphatic rings. The molecule has 2 heteroatoms. The molecule has 0 saturated heterocycles. The maximum Gasteiger partial charge on any atom is 0.0107 e. The van der Waals surface area contributed by atoms with E-state index in [4.69, 9.17) is 0 Å². The molecule has 1 N–H and O–H groups in total. The van der Waals surface area contributed by atoms with Crippen LogP contribution >= 0.6 is 0 Å². The van der Waals surface area contributed by atoms with Gasteiger partial charge in [0.05, 0.1) is 0 Å². The monoisotopic (exact) mass is 248 g/mol. The summed E-state index contributed by atoms with van der Waals surface area (Å²) >= 11 is 0. The van der Waals surface area contributed by atoms with E-state index in [9.17, 15) is 0 Å². The van der Waals surface area contributed by atoms with Crippen LogP contribution in [0.3, 0.4) is 0 Å². The van der Waals surface area contributed by atoms with Gasteiger partial charge in [-0.1, -0.05) is 43.7 Å². The number of nitrogens with one attached hydrogen (secondary N) is 1. The van der Waals surface area contributed by atoms with Crippen molar-refractivity contribution in [2.24, 2.45) is 0 Å². The molecule has 0 fully saturated rings.